The highest BCUT2D eigenvalue weighted by molar-refractivity contribution is 7.80. The fraction of sp³-hybridized carbons (Fsp3) is 0.800. The summed E-state index contributed by atoms with van der Waals surface area (Å²) >= 11 is 4.85. The van der Waals surface area contributed by atoms with Crippen molar-refractivity contribution in [1.82, 2.24) is 10.6 Å². The van der Waals surface area contributed by atoms with Gasteiger partial charge in [0.05, 0.1) is 0 Å². The summed E-state index contributed by atoms with van der Waals surface area (Å²) in [5.41, 5.74) is 0. The Morgan fingerprint density at radius 2 is 2.00 bits per heavy atom. The highest BCUT2D eigenvalue weighted by Crippen LogP contribution is 2.09. The van der Waals surface area contributed by atoms with Gasteiger partial charge in [0.2, 0.25) is 5.91 Å². The predicted molar refractivity (Wildman–Crippen MR) is 61.0 cm³/mol. The molecule has 1 saturated heterocycles. The van der Waals surface area contributed by atoms with Gasteiger partial charge >= 0.3 is 0 Å². The van der Waals surface area contributed by atoms with E-state index in [1.807, 2.05) is 0 Å². The smallest absolute Gasteiger partial charge is 0.248 e. The predicted octanol–water partition coefficient (Wildman–Crippen LogP) is 1.72. The molecule has 1 aliphatic heterocycles. The van der Waals surface area contributed by atoms with E-state index < -0.39 is 0 Å². The number of hydrogen-bond acceptors (Lipinski definition) is 2. The van der Waals surface area contributed by atoms with Crippen molar-refractivity contribution in [3.63, 3.8) is 0 Å². The third-order valence-electron chi connectivity index (χ3n) is 2.45. The largest absolute Gasteiger partial charge is 0.351 e. The summed E-state index contributed by atoms with van der Waals surface area (Å²) in [6.45, 7) is 2.20. The molecule has 0 aromatic heterocycles. The molecular formula is C10H18N2OS. The van der Waals surface area contributed by atoms with Gasteiger partial charge in [-0.2, -0.15) is 0 Å². The lowest BCUT2D eigenvalue weighted by Gasteiger charge is -2.06. The molecule has 80 valence electrons. The first kappa shape index (κ1) is 11.4. The van der Waals surface area contributed by atoms with Crippen LogP contribution in [0.3, 0.4) is 0 Å². The van der Waals surface area contributed by atoms with Gasteiger partial charge in [-0.3, -0.25) is 4.79 Å². The van der Waals surface area contributed by atoms with Crippen LogP contribution in [0.15, 0.2) is 0 Å². The van der Waals surface area contributed by atoms with Gasteiger partial charge in [0.25, 0.3) is 0 Å². The highest BCUT2D eigenvalue weighted by Gasteiger charge is 2.25. The zero-order chi connectivity index (χ0) is 10.4. The zero-order valence-electron chi connectivity index (χ0n) is 8.64. The van der Waals surface area contributed by atoms with Gasteiger partial charge in [0, 0.05) is 0 Å². The molecule has 0 spiro atoms. The Balaban J connectivity index is 2.07. The minimum absolute atomic E-state index is 0.0329. The SMILES string of the molecule is CCCCCCCC1NC(=S)NC1=O. The summed E-state index contributed by atoms with van der Waals surface area (Å²) in [6.07, 6.45) is 7.04. The molecule has 0 aliphatic carbocycles. The van der Waals surface area contributed by atoms with Crippen molar-refractivity contribution in [2.45, 2.75) is 51.5 Å². The molecule has 1 amide bonds. The van der Waals surface area contributed by atoms with Crippen LogP contribution >= 0.6 is 12.2 Å². The monoisotopic (exact) mass is 214 g/mol. The number of carbonyl (C=O) groups excluding carboxylic acids is 1. The molecule has 1 aliphatic rings. The molecule has 1 atom stereocenters. The summed E-state index contributed by atoms with van der Waals surface area (Å²) < 4.78 is 0. The Morgan fingerprint density at radius 3 is 2.57 bits per heavy atom. The maximum atomic E-state index is 11.2. The van der Waals surface area contributed by atoms with E-state index in [0.717, 1.165) is 12.8 Å². The highest BCUT2D eigenvalue weighted by atomic mass is 32.1. The molecule has 0 aromatic rings. The fourth-order valence-electron chi connectivity index (χ4n) is 1.61. The number of rotatable bonds is 6. The first-order valence-electron chi connectivity index (χ1n) is 5.35. The molecule has 0 bridgehead atoms. The number of unbranched alkanes of at least 4 members (excludes halogenated alkanes) is 4. The third-order valence-corrected chi connectivity index (χ3v) is 2.67. The van der Waals surface area contributed by atoms with E-state index in [4.69, 9.17) is 12.2 Å². The van der Waals surface area contributed by atoms with Crippen LogP contribution in [-0.2, 0) is 4.79 Å². The first-order chi connectivity index (χ1) is 6.74. The molecule has 0 aromatic carbocycles. The number of hydrogen-bond donors (Lipinski definition) is 2. The van der Waals surface area contributed by atoms with Crippen LogP contribution in [0, 0.1) is 0 Å². The lowest BCUT2D eigenvalue weighted by molar-refractivity contribution is -0.120. The molecule has 0 saturated carbocycles. The molecule has 3 nitrogen and oxygen atoms in total. The maximum Gasteiger partial charge on any atom is 0.248 e. The van der Waals surface area contributed by atoms with Gasteiger partial charge in [0.1, 0.15) is 6.04 Å². The molecule has 4 heteroatoms. The van der Waals surface area contributed by atoms with Crippen molar-refractivity contribution in [2.24, 2.45) is 0 Å². The minimum atomic E-state index is -0.0795. The second kappa shape index (κ2) is 5.96. The summed E-state index contributed by atoms with van der Waals surface area (Å²) in [4.78, 5) is 11.2. The van der Waals surface area contributed by atoms with E-state index in [1.165, 1.54) is 25.7 Å². The lowest BCUT2D eigenvalue weighted by Crippen LogP contribution is -2.28. The van der Waals surface area contributed by atoms with Gasteiger partial charge in [-0.15, -0.1) is 0 Å². The standard InChI is InChI=1S/C10H18N2OS/c1-2-3-4-5-6-7-8-9(13)12-10(14)11-8/h8H,2-7H2,1H3,(H2,11,12,13,14). The van der Waals surface area contributed by atoms with Crippen molar-refractivity contribution in [3.05, 3.63) is 0 Å². The number of carbonyl (C=O) groups is 1. The minimum Gasteiger partial charge on any atom is -0.351 e. The normalized spacial score (nSPS) is 20.8. The van der Waals surface area contributed by atoms with Gasteiger partial charge in [0.15, 0.2) is 5.11 Å². The Morgan fingerprint density at radius 1 is 1.29 bits per heavy atom. The third kappa shape index (κ3) is 3.62. The molecule has 1 fully saturated rings. The summed E-state index contributed by atoms with van der Waals surface area (Å²) in [6, 6.07) is -0.0795. The van der Waals surface area contributed by atoms with Crippen molar-refractivity contribution in [1.29, 1.82) is 0 Å². The molecule has 2 N–H and O–H groups in total. The van der Waals surface area contributed by atoms with E-state index in [1.54, 1.807) is 0 Å². The fourth-order valence-corrected chi connectivity index (χ4v) is 1.86. The average molecular weight is 214 g/mol. The van der Waals surface area contributed by atoms with Crippen molar-refractivity contribution in [3.8, 4) is 0 Å². The van der Waals surface area contributed by atoms with Crippen LogP contribution in [0.1, 0.15) is 45.4 Å². The molecule has 0 radical (unpaired) electrons. The van der Waals surface area contributed by atoms with Crippen molar-refractivity contribution < 1.29 is 4.79 Å². The zero-order valence-corrected chi connectivity index (χ0v) is 9.45. The van der Waals surface area contributed by atoms with Crippen LogP contribution in [0.2, 0.25) is 0 Å². The Labute approximate surface area is 90.6 Å². The van der Waals surface area contributed by atoms with Crippen LogP contribution in [0.4, 0.5) is 0 Å². The molecule has 1 unspecified atom stereocenters. The molecule has 14 heavy (non-hydrogen) atoms. The van der Waals surface area contributed by atoms with E-state index in [2.05, 4.69) is 17.6 Å². The van der Waals surface area contributed by atoms with Crippen LogP contribution in [0.5, 0.6) is 0 Å². The van der Waals surface area contributed by atoms with Gasteiger partial charge in [-0.1, -0.05) is 39.0 Å². The van der Waals surface area contributed by atoms with Gasteiger partial charge in [-0.25, -0.2) is 0 Å². The summed E-state index contributed by atoms with van der Waals surface area (Å²) in [5, 5.41) is 6.05. The van der Waals surface area contributed by atoms with Gasteiger partial charge < -0.3 is 10.6 Å². The molecule has 1 heterocycles. The van der Waals surface area contributed by atoms with Crippen molar-refractivity contribution in [2.75, 3.05) is 0 Å². The molecular weight excluding hydrogens is 196 g/mol. The summed E-state index contributed by atoms with van der Waals surface area (Å²) in [7, 11) is 0. The Bertz CT molecular complexity index is 218. The van der Waals surface area contributed by atoms with Crippen molar-refractivity contribution >= 4 is 23.2 Å². The number of nitrogens with one attached hydrogen (secondary N) is 2. The van der Waals surface area contributed by atoms with Gasteiger partial charge in [-0.05, 0) is 18.6 Å². The quantitative estimate of drug-likeness (QED) is 0.522. The second-order valence-electron chi connectivity index (χ2n) is 3.72. The Kier molecular flexibility index (Phi) is 4.87. The van der Waals surface area contributed by atoms with E-state index in [-0.39, 0.29) is 11.9 Å². The number of amides is 1. The van der Waals surface area contributed by atoms with E-state index >= 15 is 0 Å². The lowest BCUT2D eigenvalue weighted by atomic mass is 10.1. The summed E-state index contributed by atoms with van der Waals surface area (Å²) in [5.74, 6) is 0.0329. The average Bonchev–Trinajstić information content (AvgIpc) is 2.45. The first-order valence-corrected chi connectivity index (χ1v) is 5.76. The topological polar surface area (TPSA) is 41.1 Å². The Hall–Kier alpha value is -0.640. The van der Waals surface area contributed by atoms with E-state index in [9.17, 15) is 4.79 Å². The number of thiocarbonyl (C=S) groups is 1. The molecule has 1 rings (SSSR count). The maximum absolute atomic E-state index is 11.2. The second-order valence-corrected chi connectivity index (χ2v) is 4.13. The van der Waals surface area contributed by atoms with E-state index in [0.29, 0.717) is 5.11 Å². The van der Waals surface area contributed by atoms with Crippen LogP contribution in [0.25, 0.3) is 0 Å². The van der Waals surface area contributed by atoms with Crippen LogP contribution < -0.4 is 10.6 Å². The van der Waals surface area contributed by atoms with Crippen LogP contribution in [-0.4, -0.2) is 17.1 Å².